The molecule has 1 N–H and O–H groups in total. The Morgan fingerprint density at radius 2 is 2.00 bits per heavy atom. The molecule has 1 heterocycles. The second-order valence-corrected chi connectivity index (χ2v) is 3.36. The lowest BCUT2D eigenvalue weighted by atomic mass is 10.2. The number of rotatable bonds is 2. The molecule has 1 aromatic carbocycles. The number of hydrogen-bond donors (Lipinski definition) is 1. The SMILES string of the molecule is OC1=CCN(Cc2ccccc2)C=C1. The minimum absolute atomic E-state index is 0.356. The van der Waals surface area contributed by atoms with Gasteiger partial charge in [-0.25, -0.2) is 0 Å². The summed E-state index contributed by atoms with van der Waals surface area (Å²) in [6.45, 7) is 1.67. The molecule has 2 nitrogen and oxygen atoms in total. The van der Waals surface area contributed by atoms with Crippen LogP contribution in [0.5, 0.6) is 0 Å². The van der Waals surface area contributed by atoms with Crippen molar-refractivity contribution in [1.82, 2.24) is 4.90 Å². The van der Waals surface area contributed by atoms with Gasteiger partial charge in [0.25, 0.3) is 0 Å². The summed E-state index contributed by atoms with van der Waals surface area (Å²) in [6.07, 6.45) is 5.44. The van der Waals surface area contributed by atoms with Crippen LogP contribution in [0.3, 0.4) is 0 Å². The van der Waals surface area contributed by atoms with Crippen LogP contribution in [-0.4, -0.2) is 16.6 Å². The summed E-state index contributed by atoms with van der Waals surface area (Å²) in [4.78, 5) is 2.15. The summed E-state index contributed by atoms with van der Waals surface area (Å²) in [5.74, 6) is 0.356. The van der Waals surface area contributed by atoms with Crippen molar-refractivity contribution in [3.05, 3.63) is 60.0 Å². The van der Waals surface area contributed by atoms with E-state index in [9.17, 15) is 0 Å². The van der Waals surface area contributed by atoms with Gasteiger partial charge in [-0.3, -0.25) is 0 Å². The van der Waals surface area contributed by atoms with E-state index in [-0.39, 0.29) is 0 Å². The molecule has 0 saturated carbocycles. The molecule has 1 aliphatic heterocycles. The summed E-state index contributed by atoms with van der Waals surface area (Å²) < 4.78 is 0. The Labute approximate surface area is 83.8 Å². The Hall–Kier alpha value is -1.70. The Morgan fingerprint density at radius 3 is 2.64 bits per heavy atom. The molecule has 0 spiro atoms. The standard InChI is InChI=1S/C12H13NO/c14-12-6-8-13(9-7-12)10-11-4-2-1-3-5-11/h1-8,14H,9-10H2. The van der Waals surface area contributed by atoms with Crippen LogP contribution in [0.4, 0.5) is 0 Å². The van der Waals surface area contributed by atoms with Gasteiger partial charge >= 0.3 is 0 Å². The molecule has 1 aliphatic rings. The predicted octanol–water partition coefficient (Wildman–Crippen LogP) is 2.46. The molecule has 0 aromatic heterocycles. The van der Waals surface area contributed by atoms with Crippen LogP contribution in [0.25, 0.3) is 0 Å². The van der Waals surface area contributed by atoms with Gasteiger partial charge in [-0.05, 0) is 17.7 Å². The maximum atomic E-state index is 9.14. The van der Waals surface area contributed by atoms with Crippen molar-refractivity contribution in [2.75, 3.05) is 6.54 Å². The van der Waals surface area contributed by atoms with Crippen molar-refractivity contribution in [2.24, 2.45) is 0 Å². The summed E-state index contributed by atoms with van der Waals surface area (Å²) in [5.41, 5.74) is 1.28. The monoisotopic (exact) mass is 187 g/mol. The summed E-state index contributed by atoms with van der Waals surface area (Å²) in [5, 5.41) is 9.14. The van der Waals surface area contributed by atoms with Gasteiger partial charge in [0, 0.05) is 19.3 Å². The minimum atomic E-state index is 0.356. The molecule has 1 aromatic rings. The molecule has 0 atom stereocenters. The molecular formula is C12H13NO. The van der Waals surface area contributed by atoms with Gasteiger partial charge in [0.05, 0.1) is 0 Å². The molecule has 0 aliphatic carbocycles. The van der Waals surface area contributed by atoms with E-state index in [0.29, 0.717) is 5.76 Å². The third kappa shape index (κ3) is 2.16. The van der Waals surface area contributed by atoms with Crippen molar-refractivity contribution in [3.8, 4) is 0 Å². The number of nitrogens with zero attached hydrogens (tertiary/aromatic N) is 1. The molecule has 72 valence electrons. The normalized spacial score (nSPS) is 15.4. The molecule has 0 bridgehead atoms. The Kier molecular flexibility index (Phi) is 2.54. The lowest BCUT2D eigenvalue weighted by Gasteiger charge is -2.21. The van der Waals surface area contributed by atoms with Crippen molar-refractivity contribution in [2.45, 2.75) is 6.54 Å². The lowest BCUT2D eigenvalue weighted by Crippen LogP contribution is -2.19. The quantitative estimate of drug-likeness (QED) is 0.768. The number of aliphatic hydroxyl groups excluding tert-OH is 1. The number of allylic oxidation sites excluding steroid dienone is 1. The lowest BCUT2D eigenvalue weighted by molar-refractivity contribution is 0.369. The van der Waals surface area contributed by atoms with E-state index in [1.807, 2.05) is 30.5 Å². The molecule has 0 unspecified atom stereocenters. The topological polar surface area (TPSA) is 23.5 Å². The fourth-order valence-corrected chi connectivity index (χ4v) is 1.46. The van der Waals surface area contributed by atoms with Crippen LogP contribution in [0, 0.1) is 0 Å². The van der Waals surface area contributed by atoms with E-state index in [1.54, 1.807) is 6.08 Å². The van der Waals surface area contributed by atoms with Crippen molar-refractivity contribution < 1.29 is 5.11 Å². The van der Waals surface area contributed by atoms with Crippen molar-refractivity contribution in [3.63, 3.8) is 0 Å². The van der Waals surface area contributed by atoms with Crippen molar-refractivity contribution in [1.29, 1.82) is 0 Å². The average Bonchev–Trinajstić information content (AvgIpc) is 2.23. The number of benzene rings is 1. The van der Waals surface area contributed by atoms with E-state index in [2.05, 4.69) is 17.0 Å². The van der Waals surface area contributed by atoms with E-state index in [0.717, 1.165) is 13.1 Å². The van der Waals surface area contributed by atoms with Gasteiger partial charge < -0.3 is 10.0 Å². The van der Waals surface area contributed by atoms with Gasteiger partial charge in [0.2, 0.25) is 0 Å². The van der Waals surface area contributed by atoms with E-state index < -0.39 is 0 Å². The first-order valence-electron chi connectivity index (χ1n) is 4.70. The Balaban J connectivity index is 1.98. The van der Waals surface area contributed by atoms with Gasteiger partial charge in [-0.15, -0.1) is 0 Å². The van der Waals surface area contributed by atoms with Gasteiger partial charge in [0.15, 0.2) is 0 Å². The highest BCUT2D eigenvalue weighted by Crippen LogP contribution is 2.09. The predicted molar refractivity (Wildman–Crippen MR) is 56.7 cm³/mol. The van der Waals surface area contributed by atoms with Crippen LogP contribution < -0.4 is 0 Å². The smallest absolute Gasteiger partial charge is 0.114 e. The summed E-state index contributed by atoms with van der Waals surface area (Å²) in [6, 6.07) is 10.3. The first-order chi connectivity index (χ1) is 6.84. The minimum Gasteiger partial charge on any atom is -0.508 e. The van der Waals surface area contributed by atoms with Crippen LogP contribution in [-0.2, 0) is 6.54 Å². The number of hydrogen-bond acceptors (Lipinski definition) is 2. The van der Waals surface area contributed by atoms with Crippen molar-refractivity contribution >= 4 is 0 Å². The average molecular weight is 187 g/mol. The summed E-state index contributed by atoms with van der Waals surface area (Å²) >= 11 is 0. The molecular weight excluding hydrogens is 174 g/mol. The van der Waals surface area contributed by atoms with Gasteiger partial charge in [0.1, 0.15) is 5.76 Å². The number of aliphatic hydroxyl groups is 1. The zero-order valence-corrected chi connectivity index (χ0v) is 7.93. The highest BCUT2D eigenvalue weighted by molar-refractivity contribution is 5.19. The van der Waals surface area contributed by atoms with Crippen LogP contribution in [0.15, 0.2) is 54.4 Å². The molecule has 0 saturated heterocycles. The molecule has 2 heteroatoms. The maximum absolute atomic E-state index is 9.14. The van der Waals surface area contributed by atoms with E-state index in [1.165, 1.54) is 5.56 Å². The third-order valence-corrected chi connectivity index (χ3v) is 2.22. The Morgan fingerprint density at radius 1 is 1.21 bits per heavy atom. The Bertz CT molecular complexity index is 354. The highest BCUT2D eigenvalue weighted by atomic mass is 16.3. The zero-order chi connectivity index (χ0) is 9.80. The molecule has 2 rings (SSSR count). The molecule has 0 fully saturated rings. The summed E-state index contributed by atoms with van der Waals surface area (Å²) in [7, 11) is 0. The fourth-order valence-electron chi connectivity index (χ4n) is 1.46. The highest BCUT2D eigenvalue weighted by Gasteiger charge is 2.03. The van der Waals surface area contributed by atoms with Crippen LogP contribution in [0.1, 0.15) is 5.56 Å². The zero-order valence-electron chi connectivity index (χ0n) is 7.93. The second-order valence-electron chi connectivity index (χ2n) is 3.36. The van der Waals surface area contributed by atoms with Crippen LogP contribution in [0.2, 0.25) is 0 Å². The van der Waals surface area contributed by atoms with E-state index >= 15 is 0 Å². The molecule has 14 heavy (non-hydrogen) atoms. The first kappa shape index (κ1) is 8.88. The largest absolute Gasteiger partial charge is 0.508 e. The van der Waals surface area contributed by atoms with Crippen LogP contribution >= 0.6 is 0 Å². The van der Waals surface area contributed by atoms with Gasteiger partial charge in [-0.2, -0.15) is 0 Å². The first-order valence-corrected chi connectivity index (χ1v) is 4.70. The van der Waals surface area contributed by atoms with E-state index in [4.69, 9.17) is 5.11 Å². The molecule has 0 amide bonds. The third-order valence-electron chi connectivity index (χ3n) is 2.22. The van der Waals surface area contributed by atoms with Gasteiger partial charge in [-0.1, -0.05) is 30.3 Å². The molecule has 0 radical (unpaired) electrons. The maximum Gasteiger partial charge on any atom is 0.114 e. The second kappa shape index (κ2) is 4.01. The fraction of sp³-hybridized carbons (Fsp3) is 0.167.